The first kappa shape index (κ1) is 20.7. The van der Waals surface area contributed by atoms with Crippen molar-refractivity contribution < 1.29 is 27.8 Å². The van der Waals surface area contributed by atoms with E-state index < -0.39 is 12.5 Å². The Morgan fingerprint density at radius 3 is 2.41 bits per heavy atom. The molecule has 1 unspecified atom stereocenters. The van der Waals surface area contributed by atoms with Crippen LogP contribution in [0.3, 0.4) is 0 Å². The minimum absolute atomic E-state index is 0.0441. The van der Waals surface area contributed by atoms with Gasteiger partial charge in [0.2, 0.25) is 5.78 Å². The standard InChI is InChI=1S/C22H13F2NO5S2/c1-29-13-8-9(6-7-12(13)30-21(23)24)14-15-16(26)10-4-2-3-5-11(10)17(27)18(15)31-20-19(14)32-22(28)25-20/h2-8,14,21H,1H3,(H,25,28). The number of allylic oxidation sites excluding steroid dienone is 2. The van der Waals surface area contributed by atoms with Crippen molar-refractivity contribution in [1.29, 1.82) is 0 Å². The Morgan fingerprint density at radius 1 is 1.00 bits per heavy atom. The number of carbonyl (C=O) groups is 2. The maximum absolute atomic E-state index is 13.5. The number of aromatic nitrogens is 1. The lowest BCUT2D eigenvalue weighted by Gasteiger charge is -2.30. The van der Waals surface area contributed by atoms with Gasteiger partial charge in [0.25, 0.3) is 0 Å². The number of alkyl halides is 2. The van der Waals surface area contributed by atoms with Crippen LogP contribution in [0.1, 0.15) is 37.1 Å². The summed E-state index contributed by atoms with van der Waals surface area (Å²) in [4.78, 5) is 42.1. The van der Waals surface area contributed by atoms with E-state index >= 15 is 0 Å². The number of aromatic amines is 1. The number of ketones is 2. The SMILES string of the molecule is COc1cc(C2C3=C(Sc4[nH]c(=O)sc42)C(=O)c2ccccc2C3=O)ccc1OC(F)F. The van der Waals surface area contributed by atoms with E-state index in [1.54, 1.807) is 24.3 Å². The predicted octanol–water partition coefficient (Wildman–Crippen LogP) is 4.62. The minimum atomic E-state index is -3.04. The number of hydrogen-bond acceptors (Lipinski definition) is 7. The number of halogens is 2. The molecular weight excluding hydrogens is 460 g/mol. The van der Waals surface area contributed by atoms with Crippen molar-refractivity contribution in [2.75, 3.05) is 7.11 Å². The lowest BCUT2D eigenvalue weighted by atomic mass is 9.79. The zero-order chi connectivity index (χ0) is 22.6. The third kappa shape index (κ3) is 3.18. The van der Waals surface area contributed by atoms with Crippen molar-refractivity contribution in [3.8, 4) is 11.5 Å². The van der Waals surface area contributed by atoms with Crippen molar-refractivity contribution in [3.63, 3.8) is 0 Å². The monoisotopic (exact) mass is 473 g/mol. The number of thioether (sulfide) groups is 1. The number of fused-ring (bicyclic) bond motifs is 2. The summed E-state index contributed by atoms with van der Waals surface area (Å²) in [7, 11) is 1.31. The maximum atomic E-state index is 13.5. The van der Waals surface area contributed by atoms with E-state index in [9.17, 15) is 23.2 Å². The molecule has 5 rings (SSSR count). The van der Waals surface area contributed by atoms with Crippen molar-refractivity contribution in [3.05, 3.63) is 84.2 Å². The average Bonchev–Trinajstić information content (AvgIpc) is 3.16. The van der Waals surface area contributed by atoms with Crippen LogP contribution in [-0.2, 0) is 0 Å². The van der Waals surface area contributed by atoms with Crippen LogP contribution >= 0.6 is 23.1 Å². The van der Waals surface area contributed by atoms with Gasteiger partial charge in [-0.25, -0.2) is 0 Å². The lowest BCUT2D eigenvalue weighted by Crippen LogP contribution is -2.27. The number of H-pyrrole nitrogens is 1. The summed E-state index contributed by atoms with van der Waals surface area (Å²) in [6.07, 6.45) is 0. The molecule has 2 heterocycles. The van der Waals surface area contributed by atoms with Crippen LogP contribution in [0.2, 0.25) is 0 Å². The first-order valence-electron chi connectivity index (χ1n) is 9.35. The molecule has 1 aliphatic heterocycles. The van der Waals surface area contributed by atoms with Gasteiger partial charge in [0.1, 0.15) is 0 Å². The second-order valence-corrected chi connectivity index (χ2v) is 9.01. The molecule has 3 aromatic rings. The fourth-order valence-electron chi connectivity index (χ4n) is 3.94. The number of ether oxygens (including phenoxy) is 2. The largest absolute Gasteiger partial charge is 0.493 e. The van der Waals surface area contributed by atoms with Crippen molar-refractivity contribution in [2.24, 2.45) is 0 Å². The summed E-state index contributed by atoms with van der Waals surface area (Å²) in [5.74, 6) is -1.48. The molecule has 0 fully saturated rings. The highest BCUT2D eigenvalue weighted by Gasteiger charge is 2.43. The third-order valence-electron chi connectivity index (χ3n) is 5.25. The first-order valence-corrected chi connectivity index (χ1v) is 11.0. The summed E-state index contributed by atoms with van der Waals surface area (Å²) in [5, 5.41) is 0.483. The van der Waals surface area contributed by atoms with Crippen LogP contribution < -0.4 is 14.3 Å². The molecule has 0 radical (unpaired) electrons. The number of benzene rings is 2. The Bertz CT molecular complexity index is 1370. The van der Waals surface area contributed by atoms with Crippen molar-refractivity contribution in [1.82, 2.24) is 4.98 Å². The predicted molar refractivity (Wildman–Crippen MR) is 114 cm³/mol. The molecule has 2 aliphatic rings. The summed E-state index contributed by atoms with van der Waals surface area (Å²) < 4.78 is 35.2. The van der Waals surface area contributed by atoms with Gasteiger partial charge in [0.05, 0.1) is 27.8 Å². The van der Waals surface area contributed by atoms with Gasteiger partial charge in [-0.1, -0.05) is 53.4 Å². The van der Waals surface area contributed by atoms with Gasteiger partial charge in [0, 0.05) is 16.7 Å². The van der Waals surface area contributed by atoms with Gasteiger partial charge in [-0.2, -0.15) is 8.78 Å². The molecule has 0 bridgehead atoms. The molecule has 0 saturated heterocycles. The first-order chi connectivity index (χ1) is 15.4. The zero-order valence-electron chi connectivity index (χ0n) is 16.3. The zero-order valence-corrected chi connectivity index (χ0v) is 17.9. The van der Waals surface area contributed by atoms with E-state index in [0.717, 1.165) is 23.1 Å². The molecule has 10 heteroatoms. The van der Waals surface area contributed by atoms with Gasteiger partial charge < -0.3 is 14.5 Å². The Labute approximate surface area is 187 Å². The fourth-order valence-corrected chi connectivity index (χ4v) is 6.21. The third-order valence-corrected chi connectivity index (χ3v) is 7.46. The van der Waals surface area contributed by atoms with E-state index in [-0.39, 0.29) is 44.0 Å². The number of carbonyl (C=O) groups excluding carboxylic acids is 2. The molecule has 0 spiro atoms. The van der Waals surface area contributed by atoms with Crippen LogP contribution in [0.4, 0.5) is 8.78 Å². The molecular formula is C22H13F2NO5S2. The fraction of sp³-hybridized carbons (Fsp3) is 0.136. The number of nitrogens with one attached hydrogen (secondary N) is 1. The summed E-state index contributed by atoms with van der Waals surface area (Å²) in [6.45, 7) is -3.04. The Morgan fingerprint density at radius 2 is 1.72 bits per heavy atom. The van der Waals surface area contributed by atoms with E-state index in [2.05, 4.69) is 9.72 Å². The molecule has 0 amide bonds. The minimum Gasteiger partial charge on any atom is -0.493 e. The van der Waals surface area contributed by atoms with E-state index in [1.165, 1.54) is 25.3 Å². The summed E-state index contributed by atoms with van der Waals surface area (Å²) >= 11 is 2.01. The van der Waals surface area contributed by atoms with Crippen LogP contribution in [0, 0.1) is 0 Å². The maximum Gasteiger partial charge on any atom is 0.387 e. The average molecular weight is 473 g/mol. The quantitative estimate of drug-likeness (QED) is 0.595. The number of rotatable bonds is 4. The van der Waals surface area contributed by atoms with Crippen LogP contribution in [0.15, 0.2) is 62.8 Å². The van der Waals surface area contributed by atoms with Crippen molar-refractivity contribution in [2.45, 2.75) is 17.6 Å². The van der Waals surface area contributed by atoms with E-state index in [4.69, 9.17) is 4.74 Å². The normalized spacial score (nSPS) is 17.2. The molecule has 1 atom stereocenters. The highest BCUT2D eigenvalue weighted by Crippen LogP contribution is 2.52. The molecule has 2 aromatic carbocycles. The Balaban J connectivity index is 1.72. The summed E-state index contributed by atoms with van der Waals surface area (Å²) in [6, 6.07) is 10.9. The molecule has 1 N–H and O–H groups in total. The molecule has 6 nitrogen and oxygen atoms in total. The second kappa shape index (κ2) is 7.72. The Kier molecular flexibility index (Phi) is 4.98. The second-order valence-electron chi connectivity index (χ2n) is 6.98. The highest BCUT2D eigenvalue weighted by molar-refractivity contribution is 8.04. The van der Waals surface area contributed by atoms with Crippen LogP contribution in [0.25, 0.3) is 0 Å². The van der Waals surface area contributed by atoms with Gasteiger partial charge in [-0.15, -0.1) is 0 Å². The van der Waals surface area contributed by atoms with Gasteiger partial charge >= 0.3 is 11.5 Å². The van der Waals surface area contributed by atoms with Crippen molar-refractivity contribution >= 4 is 34.7 Å². The van der Waals surface area contributed by atoms with E-state index in [0.29, 0.717) is 21.0 Å². The highest BCUT2D eigenvalue weighted by atomic mass is 32.2. The number of thiazole rings is 1. The molecule has 32 heavy (non-hydrogen) atoms. The molecule has 1 aliphatic carbocycles. The van der Waals surface area contributed by atoms with Crippen LogP contribution in [-0.4, -0.2) is 30.3 Å². The lowest BCUT2D eigenvalue weighted by molar-refractivity contribution is -0.0512. The molecule has 0 saturated carbocycles. The summed E-state index contributed by atoms with van der Waals surface area (Å²) in [5.41, 5.74) is 1.36. The van der Waals surface area contributed by atoms with Gasteiger partial charge in [0.15, 0.2) is 17.3 Å². The topological polar surface area (TPSA) is 85.5 Å². The Hall–Kier alpha value is -3.24. The number of hydrogen-bond donors (Lipinski definition) is 1. The van der Waals surface area contributed by atoms with Gasteiger partial charge in [-0.05, 0) is 17.7 Å². The van der Waals surface area contributed by atoms with Gasteiger partial charge in [-0.3, -0.25) is 14.4 Å². The van der Waals surface area contributed by atoms with Crippen LogP contribution in [0.5, 0.6) is 11.5 Å². The smallest absolute Gasteiger partial charge is 0.387 e. The molecule has 162 valence electrons. The van der Waals surface area contributed by atoms with E-state index in [1.807, 2.05) is 0 Å². The molecule has 1 aromatic heterocycles. The number of methoxy groups -OCH3 is 1. The number of Topliss-reactive ketones (excluding diaryl/α,β-unsaturated/α-hetero) is 2.